The molecule has 6 nitrogen and oxygen atoms in total. The van der Waals surface area contributed by atoms with Gasteiger partial charge in [-0.15, -0.1) is 0 Å². The maximum Gasteiger partial charge on any atom is 0.240 e. The average Bonchev–Trinajstić information content (AvgIpc) is 2.69. The normalized spacial score (nSPS) is 11.1. The molecule has 2 rings (SSSR count). The average molecular weight is 419 g/mol. The third-order valence-electron chi connectivity index (χ3n) is 4.37. The molecule has 0 aliphatic rings. The highest BCUT2D eigenvalue weighted by Crippen LogP contribution is 2.21. The lowest BCUT2D eigenvalue weighted by Crippen LogP contribution is -2.40. The molecular weight excluding hydrogens is 388 g/mol. The summed E-state index contributed by atoms with van der Waals surface area (Å²) in [4.78, 5) is 12.3. The highest BCUT2D eigenvalue weighted by molar-refractivity contribution is 7.92. The number of rotatable bonds is 11. The van der Waals surface area contributed by atoms with E-state index in [1.165, 1.54) is 11.1 Å². The van der Waals surface area contributed by atoms with Crippen LogP contribution < -0.4 is 14.4 Å². The van der Waals surface area contributed by atoms with E-state index < -0.39 is 10.0 Å². The van der Waals surface area contributed by atoms with Gasteiger partial charge in [0, 0.05) is 6.54 Å². The van der Waals surface area contributed by atoms with Crippen molar-refractivity contribution in [3.63, 3.8) is 0 Å². The molecule has 158 valence electrons. The Labute approximate surface area is 173 Å². The summed E-state index contributed by atoms with van der Waals surface area (Å²) in [6.07, 6.45) is 3.63. The molecule has 0 radical (unpaired) electrons. The number of aryl methyl sites for hydroxylation is 2. The second kappa shape index (κ2) is 10.9. The van der Waals surface area contributed by atoms with E-state index in [2.05, 4.69) is 29.6 Å². The number of hydrogen-bond acceptors (Lipinski definition) is 4. The molecule has 0 aliphatic carbocycles. The molecule has 0 heterocycles. The van der Waals surface area contributed by atoms with E-state index in [0.29, 0.717) is 24.6 Å². The second-order valence-electron chi connectivity index (χ2n) is 7.05. The van der Waals surface area contributed by atoms with E-state index in [-0.39, 0.29) is 12.5 Å². The molecule has 0 unspecified atom stereocenters. The van der Waals surface area contributed by atoms with Gasteiger partial charge in [0.05, 0.1) is 18.6 Å². The Morgan fingerprint density at radius 3 is 2.31 bits per heavy atom. The van der Waals surface area contributed by atoms with E-state index in [9.17, 15) is 13.2 Å². The second-order valence-corrected chi connectivity index (χ2v) is 8.96. The molecule has 0 saturated carbocycles. The molecule has 0 spiro atoms. The van der Waals surface area contributed by atoms with E-state index in [1.807, 2.05) is 13.8 Å². The minimum atomic E-state index is -3.59. The van der Waals surface area contributed by atoms with Crippen LogP contribution in [0.3, 0.4) is 0 Å². The third-order valence-corrected chi connectivity index (χ3v) is 5.51. The van der Waals surface area contributed by atoms with E-state index in [4.69, 9.17) is 4.74 Å². The van der Waals surface area contributed by atoms with Gasteiger partial charge in [-0.1, -0.05) is 36.8 Å². The zero-order valence-corrected chi connectivity index (χ0v) is 18.2. The fraction of sp³-hybridized carbons (Fsp3) is 0.409. The summed E-state index contributed by atoms with van der Waals surface area (Å²) >= 11 is 0. The standard InChI is InChI=1S/C22H30N2O4S/c1-4-16-28-21-13-11-20(12-14-21)24(29(3,26)27)17-22(25)23-15-5-6-19-9-7-18(2)8-10-19/h7-14H,4-6,15-17H2,1-3H3,(H,23,25). The van der Waals surface area contributed by atoms with E-state index in [1.54, 1.807) is 24.3 Å². The molecule has 2 aromatic rings. The number of ether oxygens (including phenoxy) is 1. The summed E-state index contributed by atoms with van der Waals surface area (Å²) in [6, 6.07) is 15.0. The molecule has 2 aromatic carbocycles. The van der Waals surface area contributed by atoms with Crippen LogP contribution >= 0.6 is 0 Å². The molecule has 0 aliphatic heterocycles. The molecule has 0 aromatic heterocycles. The number of nitrogens with zero attached hydrogens (tertiary/aromatic N) is 1. The number of sulfonamides is 1. The predicted molar refractivity (Wildman–Crippen MR) is 117 cm³/mol. The minimum absolute atomic E-state index is 0.251. The topological polar surface area (TPSA) is 75.7 Å². The summed E-state index contributed by atoms with van der Waals surface area (Å²) in [5.74, 6) is 0.343. The number of anilines is 1. The maximum atomic E-state index is 12.3. The van der Waals surface area contributed by atoms with Crippen molar-refractivity contribution in [2.75, 3.05) is 30.3 Å². The van der Waals surface area contributed by atoms with Gasteiger partial charge < -0.3 is 10.1 Å². The summed E-state index contributed by atoms with van der Waals surface area (Å²) in [5, 5.41) is 2.81. The van der Waals surface area contributed by atoms with Crippen LogP contribution in [0.1, 0.15) is 30.9 Å². The van der Waals surface area contributed by atoms with E-state index >= 15 is 0 Å². The Morgan fingerprint density at radius 1 is 1.07 bits per heavy atom. The molecule has 1 N–H and O–H groups in total. The lowest BCUT2D eigenvalue weighted by molar-refractivity contribution is -0.119. The highest BCUT2D eigenvalue weighted by atomic mass is 32.2. The van der Waals surface area contributed by atoms with Gasteiger partial charge in [0.1, 0.15) is 12.3 Å². The molecule has 0 fully saturated rings. The van der Waals surface area contributed by atoms with Crippen LogP contribution in [0.5, 0.6) is 5.75 Å². The first-order chi connectivity index (χ1) is 13.8. The van der Waals surface area contributed by atoms with E-state index in [0.717, 1.165) is 29.8 Å². The molecule has 0 saturated heterocycles. The predicted octanol–water partition coefficient (Wildman–Crippen LogP) is 3.30. The van der Waals surface area contributed by atoms with Gasteiger partial charge in [0.25, 0.3) is 0 Å². The quantitative estimate of drug-likeness (QED) is 0.568. The molecule has 29 heavy (non-hydrogen) atoms. The first kappa shape index (κ1) is 22.7. The van der Waals surface area contributed by atoms with Crippen molar-refractivity contribution in [1.29, 1.82) is 0 Å². The minimum Gasteiger partial charge on any atom is -0.494 e. The van der Waals surface area contributed by atoms with Crippen LogP contribution in [0.25, 0.3) is 0 Å². The van der Waals surface area contributed by atoms with Crippen LogP contribution in [-0.2, 0) is 21.2 Å². The molecule has 7 heteroatoms. The van der Waals surface area contributed by atoms with Gasteiger partial charge in [-0.25, -0.2) is 8.42 Å². The van der Waals surface area contributed by atoms with Gasteiger partial charge in [-0.05, 0) is 56.0 Å². The van der Waals surface area contributed by atoms with Gasteiger partial charge in [0.15, 0.2) is 0 Å². The lowest BCUT2D eigenvalue weighted by Gasteiger charge is -2.22. The Morgan fingerprint density at radius 2 is 1.72 bits per heavy atom. The molecular formula is C22H30N2O4S. The number of benzene rings is 2. The maximum absolute atomic E-state index is 12.3. The lowest BCUT2D eigenvalue weighted by atomic mass is 10.1. The van der Waals surface area contributed by atoms with Crippen molar-refractivity contribution < 1.29 is 17.9 Å². The van der Waals surface area contributed by atoms with Crippen LogP contribution in [0.2, 0.25) is 0 Å². The number of nitrogens with one attached hydrogen (secondary N) is 1. The van der Waals surface area contributed by atoms with Gasteiger partial charge in [-0.3, -0.25) is 9.10 Å². The number of carbonyl (C=O) groups excluding carboxylic acids is 1. The Hall–Kier alpha value is -2.54. The Bertz CT molecular complexity index is 878. The van der Waals surface area contributed by atoms with Crippen LogP contribution in [0, 0.1) is 6.92 Å². The van der Waals surface area contributed by atoms with Crippen LogP contribution in [0.4, 0.5) is 5.69 Å². The Balaban J connectivity index is 1.88. The van der Waals surface area contributed by atoms with Crippen molar-refractivity contribution in [2.24, 2.45) is 0 Å². The largest absolute Gasteiger partial charge is 0.494 e. The molecule has 0 atom stereocenters. The van der Waals surface area contributed by atoms with Crippen molar-refractivity contribution in [2.45, 2.75) is 33.1 Å². The highest BCUT2D eigenvalue weighted by Gasteiger charge is 2.20. The van der Waals surface area contributed by atoms with Crippen molar-refractivity contribution >= 4 is 21.6 Å². The smallest absolute Gasteiger partial charge is 0.240 e. The number of amides is 1. The van der Waals surface area contributed by atoms with Crippen molar-refractivity contribution in [3.05, 3.63) is 59.7 Å². The fourth-order valence-electron chi connectivity index (χ4n) is 2.79. The number of carbonyl (C=O) groups is 1. The Kier molecular flexibility index (Phi) is 8.51. The van der Waals surface area contributed by atoms with Gasteiger partial charge in [0.2, 0.25) is 15.9 Å². The number of hydrogen-bond donors (Lipinski definition) is 1. The zero-order valence-electron chi connectivity index (χ0n) is 17.3. The first-order valence-electron chi connectivity index (χ1n) is 9.82. The van der Waals surface area contributed by atoms with Crippen molar-refractivity contribution in [3.8, 4) is 5.75 Å². The van der Waals surface area contributed by atoms with Gasteiger partial charge in [-0.2, -0.15) is 0 Å². The third kappa shape index (κ3) is 7.77. The summed E-state index contributed by atoms with van der Waals surface area (Å²) in [5.41, 5.74) is 2.87. The zero-order chi connectivity index (χ0) is 21.3. The van der Waals surface area contributed by atoms with Crippen molar-refractivity contribution in [1.82, 2.24) is 5.32 Å². The monoisotopic (exact) mass is 418 g/mol. The summed E-state index contributed by atoms with van der Waals surface area (Å²) in [6.45, 7) is 4.90. The SMILES string of the molecule is CCCOc1ccc(N(CC(=O)NCCCc2ccc(C)cc2)S(C)(=O)=O)cc1. The molecule has 1 amide bonds. The summed E-state index contributed by atoms with van der Waals surface area (Å²) in [7, 11) is -3.59. The summed E-state index contributed by atoms with van der Waals surface area (Å²) < 4.78 is 31.0. The first-order valence-corrected chi connectivity index (χ1v) is 11.7. The van der Waals surface area contributed by atoms with Crippen LogP contribution in [-0.4, -0.2) is 40.3 Å². The molecule has 0 bridgehead atoms. The fourth-order valence-corrected chi connectivity index (χ4v) is 3.65. The van der Waals surface area contributed by atoms with Gasteiger partial charge >= 0.3 is 0 Å². The van der Waals surface area contributed by atoms with Crippen LogP contribution in [0.15, 0.2) is 48.5 Å².